The fourth-order valence-corrected chi connectivity index (χ4v) is 1.07. The lowest BCUT2D eigenvalue weighted by Gasteiger charge is -2.08. The van der Waals surface area contributed by atoms with E-state index in [0.29, 0.717) is 18.5 Å². The van der Waals surface area contributed by atoms with Gasteiger partial charge in [-0.3, -0.25) is 0 Å². The molecule has 0 aliphatic carbocycles. The van der Waals surface area contributed by atoms with E-state index in [1.165, 1.54) is 5.56 Å². The predicted molar refractivity (Wildman–Crippen MR) is 57.4 cm³/mol. The highest BCUT2D eigenvalue weighted by molar-refractivity contribution is 5.17. The highest BCUT2D eigenvalue weighted by atomic mass is 16.5. The van der Waals surface area contributed by atoms with E-state index in [1.54, 1.807) is 0 Å². The van der Waals surface area contributed by atoms with Gasteiger partial charge in [-0.25, -0.2) is 4.98 Å². The highest BCUT2D eigenvalue weighted by Crippen LogP contribution is 2.07. The maximum absolute atomic E-state index is 5.25. The van der Waals surface area contributed by atoms with E-state index in [1.807, 2.05) is 25.3 Å². The van der Waals surface area contributed by atoms with Crippen LogP contribution < -0.4 is 10.1 Å². The van der Waals surface area contributed by atoms with Crippen molar-refractivity contribution in [2.75, 3.05) is 6.61 Å². The van der Waals surface area contributed by atoms with Crippen molar-refractivity contribution in [1.82, 2.24) is 10.3 Å². The smallest absolute Gasteiger partial charge is 0.213 e. The summed E-state index contributed by atoms with van der Waals surface area (Å²) in [5.74, 6) is 0.695. The first kappa shape index (κ1) is 11.0. The minimum Gasteiger partial charge on any atom is -0.478 e. The fourth-order valence-electron chi connectivity index (χ4n) is 1.07. The number of nitrogens with one attached hydrogen (secondary N) is 1. The first-order chi connectivity index (χ1) is 6.72. The molecule has 14 heavy (non-hydrogen) atoms. The van der Waals surface area contributed by atoms with Crippen LogP contribution in [0.25, 0.3) is 0 Å². The quantitative estimate of drug-likeness (QED) is 0.778. The molecule has 0 radical (unpaired) electrons. The summed E-state index contributed by atoms with van der Waals surface area (Å²) in [6.45, 7) is 7.73. The molecule has 0 aliphatic heterocycles. The van der Waals surface area contributed by atoms with Gasteiger partial charge in [0, 0.05) is 24.8 Å². The Hall–Kier alpha value is -1.09. The molecule has 0 bridgehead atoms. The molecule has 0 saturated carbocycles. The molecule has 1 rings (SSSR count). The number of aromatic nitrogens is 1. The van der Waals surface area contributed by atoms with Crippen molar-refractivity contribution >= 4 is 0 Å². The number of hydrogen-bond acceptors (Lipinski definition) is 3. The van der Waals surface area contributed by atoms with E-state index in [4.69, 9.17) is 4.74 Å². The van der Waals surface area contributed by atoms with E-state index >= 15 is 0 Å². The van der Waals surface area contributed by atoms with Crippen LogP contribution in [0.15, 0.2) is 18.3 Å². The Morgan fingerprint density at radius 1 is 1.43 bits per heavy atom. The Morgan fingerprint density at radius 2 is 2.21 bits per heavy atom. The summed E-state index contributed by atoms with van der Waals surface area (Å²) in [7, 11) is 0. The molecule has 0 spiro atoms. The maximum atomic E-state index is 5.25. The van der Waals surface area contributed by atoms with Gasteiger partial charge in [0.2, 0.25) is 5.88 Å². The van der Waals surface area contributed by atoms with Gasteiger partial charge in [-0.15, -0.1) is 0 Å². The molecule has 0 fully saturated rings. The molecule has 3 nitrogen and oxygen atoms in total. The van der Waals surface area contributed by atoms with Crippen molar-refractivity contribution in [1.29, 1.82) is 0 Å². The molecule has 78 valence electrons. The summed E-state index contributed by atoms with van der Waals surface area (Å²) in [5, 5.41) is 3.33. The maximum Gasteiger partial charge on any atom is 0.213 e. The first-order valence-electron chi connectivity index (χ1n) is 5.03. The van der Waals surface area contributed by atoms with Crippen LogP contribution in [0.3, 0.4) is 0 Å². The van der Waals surface area contributed by atoms with Crippen LogP contribution in [0.5, 0.6) is 5.88 Å². The summed E-state index contributed by atoms with van der Waals surface area (Å²) in [4.78, 5) is 4.18. The number of hydrogen-bond donors (Lipinski definition) is 1. The van der Waals surface area contributed by atoms with Crippen LogP contribution in [0.4, 0.5) is 0 Å². The predicted octanol–water partition coefficient (Wildman–Crippen LogP) is 1.98. The van der Waals surface area contributed by atoms with Crippen molar-refractivity contribution in [3.05, 3.63) is 23.9 Å². The van der Waals surface area contributed by atoms with Crippen molar-refractivity contribution in [3.63, 3.8) is 0 Å². The topological polar surface area (TPSA) is 34.1 Å². The van der Waals surface area contributed by atoms with Crippen molar-refractivity contribution < 1.29 is 4.74 Å². The molecule has 0 saturated heterocycles. The molecule has 0 unspecified atom stereocenters. The summed E-state index contributed by atoms with van der Waals surface area (Å²) in [5.41, 5.74) is 1.18. The lowest BCUT2D eigenvalue weighted by molar-refractivity contribution is 0.326. The molecule has 1 N–H and O–H groups in total. The van der Waals surface area contributed by atoms with Gasteiger partial charge >= 0.3 is 0 Å². The second-order valence-electron chi connectivity index (χ2n) is 3.47. The first-order valence-corrected chi connectivity index (χ1v) is 5.03. The molecule has 3 heteroatoms. The minimum absolute atomic E-state index is 0.501. The number of pyridine rings is 1. The SMILES string of the molecule is CCOc1ccc(CNC(C)C)cn1. The number of ether oxygens (including phenoxy) is 1. The molecular weight excluding hydrogens is 176 g/mol. The van der Waals surface area contributed by atoms with E-state index in [2.05, 4.69) is 24.1 Å². The summed E-state index contributed by atoms with van der Waals surface area (Å²) in [6.07, 6.45) is 1.85. The van der Waals surface area contributed by atoms with Gasteiger partial charge < -0.3 is 10.1 Å². The fraction of sp³-hybridized carbons (Fsp3) is 0.545. The lowest BCUT2D eigenvalue weighted by atomic mass is 10.2. The Bertz CT molecular complexity index is 256. The summed E-state index contributed by atoms with van der Waals surface area (Å²) >= 11 is 0. The van der Waals surface area contributed by atoms with Crippen LogP contribution in [-0.4, -0.2) is 17.6 Å². The number of nitrogens with zero attached hydrogens (tertiary/aromatic N) is 1. The normalized spacial score (nSPS) is 10.6. The number of rotatable bonds is 5. The molecule has 1 aromatic heterocycles. The molecule has 0 amide bonds. The van der Waals surface area contributed by atoms with Crippen molar-refractivity contribution in [2.24, 2.45) is 0 Å². The second kappa shape index (κ2) is 5.60. The lowest BCUT2D eigenvalue weighted by Crippen LogP contribution is -2.21. The zero-order valence-corrected chi connectivity index (χ0v) is 9.08. The van der Waals surface area contributed by atoms with Crippen molar-refractivity contribution in [3.8, 4) is 5.88 Å². The third-order valence-corrected chi connectivity index (χ3v) is 1.80. The van der Waals surface area contributed by atoms with E-state index in [0.717, 1.165) is 6.54 Å². The van der Waals surface area contributed by atoms with E-state index < -0.39 is 0 Å². The third-order valence-electron chi connectivity index (χ3n) is 1.80. The molecule has 0 aliphatic rings. The Kier molecular flexibility index (Phi) is 4.40. The molecule has 0 aromatic carbocycles. The van der Waals surface area contributed by atoms with E-state index in [-0.39, 0.29) is 0 Å². The molecular formula is C11H18N2O. The summed E-state index contributed by atoms with van der Waals surface area (Å²) < 4.78 is 5.25. The van der Waals surface area contributed by atoms with Gasteiger partial charge in [-0.05, 0) is 12.5 Å². The van der Waals surface area contributed by atoms with Gasteiger partial charge in [0.05, 0.1) is 6.61 Å². The minimum atomic E-state index is 0.501. The standard InChI is InChI=1S/C11H18N2O/c1-4-14-11-6-5-10(8-13-11)7-12-9(2)3/h5-6,8-9,12H,4,7H2,1-3H3. The zero-order valence-electron chi connectivity index (χ0n) is 9.08. The summed E-state index contributed by atoms with van der Waals surface area (Å²) in [6, 6.07) is 4.44. The Morgan fingerprint density at radius 3 is 2.71 bits per heavy atom. The largest absolute Gasteiger partial charge is 0.478 e. The van der Waals surface area contributed by atoms with Crippen LogP contribution in [0, 0.1) is 0 Å². The van der Waals surface area contributed by atoms with Gasteiger partial charge in [-0.2, -0.15) is 0 Å². The Labute approximate surface area is 85.5 Å². The third kappa shape index (κ3) is 3.75. The molecule has 0 atom stereocenters. The highest BCUT2D eigenvalue weighted by Gasteiger charge is 1.97. The van der Waals surface area contributed by atoms with Crippen molar-refractivity contribution in [2.45, 2.75) is 33.4 Å². The van der Waals surface area contributed by atoms with E-state index in [9.17, 15) is 0 Å². The van der Waals surface area contributed by atoms with Gasteiger partial charge in [0.1, 0.15) is 0 Å². The van der Waals surface area contributed by atoms with Crippen LogP contribution in [-0.2, 0) is 6.54 Å². The van der Waals surface area contributed by atoms with Gasteiger partial charge in [0.25, 0.3) is 0 Å². The van der Waals surface area contributed by atoms with Crippen LogP contribution in [0.2, 0.25) is 0 Å². The van der Waals surface area contributed by atoms with Gasteiger partial charge in [0.15, 0.2) is 0 Å². The molecule has 1 aromatic rings. The van der Waals surface area contributed by atoms with Crippen LogP contribution in [0.1, 0.15) is 26.3 Å². The second-order valence-corrected chi connectivity index (χ2v) is 3.47. The Balaban J connectivity index is 2.46. The van der Waals surface area contributed by atoms with Crippen LogP contribution >= 0.6 is 0 Å². The zero-order chi connectivity index (χ0) is 10.4. The average Bonchev–Trinajstić information content (AvgIpc) is 2.17. The van der Waals surface area contributed by atoms with Gasteiger partial charge in [-0.1, -0.05) is 19.9 Å². The average molecular weight is 194 g/mol. The monoisotopic (exact) mass is 194 g/mol. The molecule has 1 heterocycles.